The minimum absolute atomic E-state index is 0.205. The molecular formula is C22H25N5O2. The number of nitrogens with zero attached hydrogens (tertiary/aromatic N) is 4. The van der Waals surface area contributed by atoms with Crippen LogP contribution >= 0.6 is 0 Å². The third-order valence-electron chi connectivity index (χ3n) is 5.34. The van der Waals surface area contributed by atoms with Gasteiger partial charge in [-0.3, -0.25) is 4.79 Å². The number of pyridine rings is 1. The Morgan fingerprint density at radius 1 is 1.17 bits per heavy atom. The Morgan fingerprint density at radius 2 is 2.03 bits per heavy atom. The van der Waals surface area contributed by atoms with Crippen LogP contribution in [0.3, 0.4) is 0 Å². The van der Waals surface area contributed by atoms with Gasteiger partial charge < -0.3 is 14.7 Å². The van der Waals surface area contributed by atoms with E-state index < -0.39 is 0 Å². The average molecular weight is 391 g/mol. The molecule has 3 aromatic rings. The molecule has 1 atom stereocenters. The molecule has 150 valence electrons. The van der Waals surface area contributed by atoms with Gasteiger partial charge in [0.25, 0.3) is 5.89 Å². The fraction of sp³-hybridized carbons (Fsp3) is 0.364. The maximum Gasteiger partial charge on any atom is 0.259 e. The topological polar surface area (TPSA) is 84.2 Å². The van der Waals surface area contributed by atoms with Crippen molar-refractivity contribution in [1.29, 1.82) is 0 Å². The number of likely N-dealkylation sites (N-methyl/N-ethyl adjacent to an activating group) is 1. The summed E-state index contributed by atoms with van der Waals surface area (Å²) in [5.41, 5.74) is 2.11. The number of carbonyl (C=O) groups is 1. The van der Waals surface area contributed by atoms with Crippen LogP contribution in [-0.4, -0.2) is 45.6 Å². The lowest BCUT2D eigenvalue weighted by Gasteiger charge is -2.20. The molecular weight excluding hydrogens is 366 g/mol. The van der Waals surface area contributed by atoms with Crippen molar-refractivity contribution in [3.8, 4) is 11.5 Å². The molecule has 1 unspecified atom stereocenters. The van der Waals surface area contributed by atoms with Crippen LogP contribution in [0.1, 0.15) is 30.7 Å². The van der Waals surface area contributed by atoms with Crippen LogP contribution < -0.4 is 5.32 Å². The van der Waals surface area contributed by atoms with E-state index in [1.165, 1.54) is 5.56 Å². The SMILES string of the molecule is CN1C(=O)CCC1CNc1ccc(-c2nc(CCCc3ccccc3)no2)cn1. The van der Waals surface area contributed by atoms with Gasteiger partial charge in [0, 0.05) is 38.7 Å². The molecule has 4 rings (SSSR count). The number of hydrogen-bond donors (Lipinski definition) is 1. The lowest BCUT2D eigenvalue weighted by Crippen LogP contribution is -2.34. The second-order valence-corrected chi connectivity index (χ2v) is 7.37. The highest BCUT2D eigenvalue weighted by Crippen LogP contribution is 2.20. The van der Waals surface area contributed by atoms with E-state index in [0.29, 0.717) is 24.7 Å². The summed E-state index contributed by atoms with van der Waals surface area (Å²) in [6, 6.07) is 14.4. The Bertz CT molecular complexity index is 939. The van der Waals surface area contributed by atoms with Crippen molar-refractivity contribution in [3.63, 3.8) is 0 Å². The predicted molar refractivity (Wildman–Crippen MR) is 110 cm³/mol. The lowest BCUT2D eigenvalue weighted by molar-refractivity contribution is -0.127. The minimum atomic E-state index is 0.205. The average Bonchev–Trinajstić information content (AvgIpc) is 3.35. The summed E-state index contributed by atoms with van der Waals surface area (Å²) in [5, 5.41) is 7.38. The maximum atomic E-state index is 11.6. The molecule has 1 amide bonds. The zero-order chi connectivity index (χ0) is 20.1. The number of rotatable bonds is 8. The zero-order valence-electron chi connectivity index (χ0n) is 16.5. The van der Waals surface area contributed by atoms with E-state index in [1.54, 1.807) is 11.1 Å². The highest BCUT2D eigenvalue weighted by molar-refractivity contribution is 5.78. The number of aromatic nitrogens is 3. The zero-order valence-corrected chi connectivity index (χ0v) is 16.5. The number of anilines is 1. The standard InChI is InChI=1S/C22H25N5O2/c1-27-18(11-13-21(27)28)15-24-19-12-10-17(14-23-19)22-25-20(26-29-22)9-5-8-16-6-3-2-4-7-16/h2-4,6-7,10,12,14,18H,5,8-9,11,13,15H2,1H3,(H,23,24). The summed E-state index contributed by atoms with van der Waals surface area (Å²) in [5.74, 6) is 2.17. The minimum Gasteiger partial charge on any atom is -0.368 e. The molecule has 1 aliphatic rings. The molecule has 1 saturated heterocycles. The van der Waals surface area contributed by atoms with Crippen molar-refractivity contribution in [1.82, 2.24) is 20.0 Å². The van der Waals surface area contributed by atoms with Crippen LogP contribution in [0, 0.1) is 0 Å². The Kier molecular flexibility index (Phi) is 5.84. The predicted octanol–water partition coefficient (Wildman–Crippen LogP) is 3.34. The first-order valence-corrected chi connectivity index (χ1v) is 10.0. The van der Waals surface area contributed by atoms with Crippen LogP contribution in [-0.2, 0) is 17.6 Å². The normalized spacial score (nSPS) is 16.4. The van der Waals surface area contributed by atoms with Gasteiger partial charge in [0.15, 0.2) is 5.82 Å². The van der Waals surface area contributed by atoms with Crippen molar-refractivity contribution in [2.24, 2.45) is 0 Å². The number of aryl methyl sites for hydroxylation is 2. The Hall–Kier alpha value is -3.22. The summed E-state index contributed by atoms with van der Waals surface area (Å²) in [4.78, 5) is 22.3. The number of nitrogens with one attached hydrogen (secondary N) is 1. The largest absolute Gasteiger partial charge is 0.368 e. The molecule has 29 heavy (non-hydrogen) atoms. The van der Waals surface area contributed by atoms with Crippen molar-refractivity contribution in [3.05, 3.63) is 60.0 Å². The Labute approximate surface area is 170 Å². The molecule has 7 nitrogen and oxygen atoms in total. The van der Waals surface area contributed by atoms with E-state index in [4.69, 9.17) is 4.52 Å². The van der Waals surface area contributed by atoms with Gasteiger partial charge in [-0.05, 0) is 37.0 Å². The molecule has 1 aliphatic heterocycles. The van der Waals surface area contributed by atoms with E-state index in [0.717, 1.165) is 37.1 Å². The van der Waals surface area contributed by atoms with Gasteiger partial charge in [-0.2, -0.15) is 4.98 Å². The maximum absolute atomic E-state index is 11.6. The van der Waals surface area contributed by atoms with Crippen LogP contribution in [0.4, 0.5) is 5.82 Å². The molecule has 0 spiro atoms. The Balaban J connectivity index is 1.28. The molecule has 0 radical (unpaired) electrons. The van der Waals surface area contributed by atoms with Crippen molar-refractivity contribution < 1.29 is 9.32 Å². The molecule has 1 aromatic carbocycles. The quantitative estimate of drug-likeness (QED) is 0.634. The second kappa shape index (κ2) is 8.86. The first kappa shape index (κ1) is 19.1. The molecule has 0 bridgehead atoms. The summed E-state index contributed by atoms with van der Waals surface area (Å²) in [6.45, 7) is 0.695. The van der Waals surface area contributed by atoms with Crippen molar-refractivity contribution in [2.45, 2.75) is 38.1 Å². The number of carbonyl (C=O) groups excluding carboxylic acids is 1. The van der Waals surface area contributed by atoms with E-state index in [1.807, 2.05) is 25.2 Å². The fourth-order valence-corrected chi connectivity index (χ4v) is 3.52. The van der Waals surface area contributed by atoms with Gasteiger partial charge in [-0.25, -0.2) is 4.98 Å². The van der Waals surface area contributed by atoms with Gasteiger partial charge in [0.1, 0.15) is 5.82 Å². The molecule has 2 aromatic heterocycles. The molecule has 1 N–H and O–H groups in total. The Morgan fingerprint density at radius 3 is 2.76 bits per heavy atom. The fourth-order valence-electron chi connectivity index (χ4n) is 3.52. The molecule has 3 heterocycles. The lowest BCUT2D eigenvalue weighted by atomic mass is 10.1. The number of likely N-dealkylation sites (tertiary alicyclic amines) is 1. The molecule has 0 aliphatic carbocycles. The summed E-state index contributed by atoms with van der Waals surface area (Å²) in [6.07, 6.45) is 5.98. The number of benzene rings is 1. The number of hydrogen-bond acceptors (Lipinski definition) is 6. The van der Waals surface area contributed by atoms with Gasteiger partial charge in [0.2, 0.25) is 5.91 Å². The van der Waals surface area contributed by atoms with E-state index in [9.17, 15) is 4.79 Å². The summed E-state index contributed by atoms with van der Waals surface area (Å²) < 4.78 is 5.39. The third kappa shape index (κ3) is 4.80. The third-order valence-corrected chi connectivity index (χ3v) is 5.34. The molecule has 0 saturated carbocycles. The first-order valence-electron chi connectivity index (χ1n) is 10.0. The van der Waals surface area contributed by atoms with Crippen LogP contribution in [0.5, 0.6) is 0 Å². The van der Waals surface area contributed by atoms with Gasteiger partial charge in [-0.1, -0.05) is 35.5 Å². The monoisotopic (exact) mass is 391 g/mol. The highest BCUT2D eigenvalue weighted by atomic mass is 16.5. The second-order valence-electron chi connectivity index (χ2n) is 7.37. The van der Waals surface area contributed by atoms with Crippen LogP contribution in [0.15, 0.2) is 53.2 Å². The van der Waals surface area contributed by atoms with Crippen LogP contribution in [0.25, 0.3) is 11.5 Å². The smallest absolute Gasteiger partial charge is 0.259 e. The molecule has 1 fully saturated rings. The van der Waals surface area contributed by atoms with E-state index >= 15 is 0 Å². The summed E-state index contributed by atoms with van der Waals surface area (Å²) in [7, 11) is 1.85. The highest BCUT2D eigenvalue weighted by Gasteiger charge is 2.27. The van der Waals surface area contributed by atoms with Gasteiger partial charge in [-0.15, -0.1) is 0 Å². The van der Waals surface area contributed by atoms with Gasteiger partial charge >= 0.3 is 0 Å². The summed E-state index contributed by atoms with van der Waals surface area (Å²) >= 11 is 0. The van der Waals surface area contributed by atoms with Crippen molar-refractivity contribution in [2.75, 3.05) is 18.9 Å². The van der Waals surface area contributed by atoms with E-state index in [2.05, 4.69) is 44.7 Å². The van der Waals surface area contributed by atoms with Crippen molar-refractivity contribution >= 4 is 11.7 Å². The van der Waals surface area contributed by atoms with Gasteiger partial charge in [0.05, 0.1) is 5.56 Å². The number of amides is 1. The first-order chi connectivity index (χ1) is 14.2. The molecule has 7 heteroatoms. The van der Waals surface area contributed by atoms with E-state index in [-0.39, 0.29) is 11.9 Å². The van der Waals surface area contributed by atoms with Crippen LogP contribution in [0.2, 0.25) is 0 Å².